The number of hydrogen-bond acceptors (Lipinski definition) is 1. The summed E-state index contributed by atoms with van der Waals surface area (Å²) in [6.07, 6.45) is -0.779. The molecule has 0 fully saturated rings. The second-order valence-electron chi connectivity index (χ2n) is 7.38. The van der Waals surface area contributed by atoms with Crippen LogP contribution in [0, 0.1) is 0 Å². The maximum atomic E-state index is 13.2. The van der Waals surface area contributed by atoms with E-state index in [1.165, 1.54) is 17.7 Å². The van der Waals surface area contributed by atoms with Crippen LogP contribution in [0.4, 0.5) is 13.2 Å². The van der Waals surface area contributed by atoms with E-state index >= 15 is 0 Å². The first-order chi connectivity index (χ1) is 13.4. The Labute approximate surface area is 164 Å². The molecule has 0 saturated carbocycles. The molecule has 1 aromatic heterocycles. The van der Waals surface area contributed by atoms with Gasteiger partial charge in [-0.25, -0.2) is 0 Å². The molecule has 2 aromatic carbocycles. The quantitative estimate of drug-likeness (QED) is 0.437. The lowest BCUT2D eigenvalue weighted by atomic mass is 9.94. The second kappa shape index (κ2) is 8.39. The molecule has 0 aliphatic rings. The van der Waals surface area contributed by atoms with E-state index in [1.54, 1.807) is 6.07 Å². The maximum absolute atomic E-state index is 13.2. The summed E-state index contributed by atoms with van der Waals surface area (Å²) in [5.74, 6) is 0.369. The zero-order chi connectivity index (χ0) is 20.3. The van der Waals surface area contributed by atoms with Crippen molar-refractivity contribution in [3.63, 3.8) is 0 Å². The number of rotatable bonds is 7. The number of nitrogens with two attached hydrogens (primary N) is 1. The molecule has 0 bridgehead atoms. The standard InChI is InChI=1S/C23H27F3N2/c1-3-15(2)18-11-7-12-20-19(10-4-5-13-27)21(28-22(18)20)16-8-6-9-17(14-16)23(24,25)26/h6-9,11-12,14-15,28H,3-5,10,13,27H2,1-2H3. The summed E-state index contributed by atoms with van der Waals surface area (Å²) in [6.45, 7) is 4.93. The minimum Gasteiger partial charge on any atom is -0.354 e. The Balaban J connectivity index is 2.19. The number of unbranched alkanes of at least 4 members (excludes halogenated alkanes) is 1. The van der Waals surface area contributed by atoms with Gasteiger partial charge in [-0.2, -0.15) is 13.2 Å². The summed E-state index contributed by atoms with van der Waals surface area (Å²) in [5, 5.41) is 1.10. The number of para-hydroxylation sites is 1. The molecule has 5 heteroatoms. The van der Waals surface area contributed by atoms with E-state index in [-0.39, 0.29) is 0 Å². The highest BCUT2D eigenvalue weighted by molar-refractivity contribution is 5.93. The largest absolute Gasteiger partial charge is 0.416 e. The van der Waals surface area contributed by atoms with Gasteiger partial charge in [-0.15, -0.1) is 0 Å². The van der Waals surface area contributed by atoms with Crippen molar-refractivity contribution in [3.05, 3.63) is 59.2 Å². The molecule has 0 aliphatic carbocycles. The predicted octanol–water partition coefficient (Wildman–Crippen LogP) is 6.65. The minimum atomic E-state index is -4.36. The number of aryl methyl sites for hydroxylation is 1. The van der Waals surface area contributed by atoms with Crippen molar-refractivity contribution < 1.29 is 13.2 Å². The van der Waals surface area contributed by atoms with E-state index in [0.29, 0.717) is 18.0 Å². The SMILES string of the molecule is CCC(C)c1cccc2c(CCCCN)c(-c3cccc(C(F)(F)F)c3)[nH]c12. The van der Waals surface area contributed by atoms with Crippen LogP contribution >= 0.6 is 0 Å². The third-order valence-electron chi connectivity index (χ3n) is 5.48. The highest BCUT2D eigenvalue weighted by atomic mass is 19.4. The average Bonchev–Trinajstić information content (AvgIpc) is 3.06. The second-order valence-corrected chi connectivity index (χ2v) is 7.38. The first-order valence-electron chi connectivity index (χ1n) is 9.88. The van der Waals surface area contributed by atoms with Crippen LogP contribution in [0.3, 0.4) is 0 Å². The van der Waals surface area contributed by atoms with Crippen molar-refractivity contribution in [2.24, 2.45) is 5.73 Å². The van der Waals surface area contributed by atoms with Gasteiger partial charge < -0.3 is 10.7 Å². The normalized spacial score (nSPS) is 13.2. The van der Waals surface area contributed by atoms with Gasteiger partial charge in [-0.1, -0.05) is 44.2 Å². The van der Waals surface area contributed by atoms with Gasteiger partial charge in [-0.05, 0) is 67.0 Å². The van der Waals surface area contributed by atoms with Crippen molar-refractivity contribution in [1.29, 1.82) is 0 Å². The van der Waals surface area contributed by atoms with Crippen LogP contribution in [0.5, 0.6) is 0 Å². The molecule has 3 rings (SSSR count). The highest BCUT2D eigenvalue weighted by Crippen LogP contribution is 2.38. The summed E-state index contributed by atoms with van der Waals surface area (Å²) in [6, 6.07) is 11.8. The summed E-state index contributed by atoms with van der Waals surface area (Å²) >= 11 is 0. The molecule has 0 aliphatic heterocycles. The first kappa shape index (κ1) is 20.5. The third-order valence-corrected chi connectivity index (χ3v) is 5.48. The fourth-order valence-electron chi connectivity index (χ4n) is 3.73. The maximum Gasteiger partial charge on any atom is 0.416 e. The van der Waals surface area contributed by atoms with Crippen LogP contribution in [0.2, 0.25) is 0 Å². The van der Waals surface area contributed by atoms with E-state index in [2.05, 4.69) is 31.0 Å². The van der Waals surface area contributed by atoms with Crippen molar-refractivity contribution in [1.82, 2.24) is 4.98 Å². The van der Waals surface area contributed by atoms with Crippen molar-refractivity contribution in [3.8, 4) is 11.3 Å². The molecule has 0 saturated heterocycles. The molecule has 1 unspecified atom stereocenters. The van der Waals surface area contributed by atoms with Gasteiger partial charge >= 0.3 is 6.18 Å². The van der Waals surface area contributed by atoms with Crippen molar-refractivity contribution >= 4 is 10.9 Å². The minimum absolute atomic E-state index is 0.369. The van der Waals surface area contributed by atoms with E-state index in [0.717, 1.165) is 53.9 Å². The fourth-order valence-corrected chi connectivity index (χ4v) is 3.73. The summed E-state index contributed by atoms with van der Waals surface area (Å²) in [7, 11) is 0. The molecule has 1 atom stereocenters. The van der Waals surface area contributed by atoms with Crippen LogP contribution in [0.25, 0.3) is 22.2 Å². The molecule has 3 aromatic rings. The van der Waals surface area contributed by atoms with E-state index in [9.17, 15) is 13.2 Å². The van der Waals surface area contributed by atoms with Crippen LogP contribution in [-0.4, -0.2) is 11.5 Å². The number of nitrogens with one attached hydrogen (secondary N) is 1. The predicted molar refractivity (Wildman–Crippen MR) is 109 cm³/mol. The number of hydrogen-bond donors (Lipinski definition) is 2. The first-order valence-corrected chi connectivity index (χ1v) is 9.88. The molecule has 0 spiro atoms. The average molecular weight is 388 g/mol. The molecule has 3 N–H and O–H groups in total. The third kappa shape index (κ3) is 4.09. The van der Waals surface area contributed by atoms with Gasteiger partial charge in [0.2, 0.25) is 0 Å². The topological polar surface area (TPSA) is 41.8 Å². The van der Waals surface area contributed by atoms with Crippen LogP contribution in [0.15, 0.2) is 42.5 Å². The molecular weight excluding hydrogens is 361 g/mol. The van der Waals surface area contributed by atoms with Crippen molar-refractivity contribution in [2.75, 3.05) is 6.54 Å². The number of benzene rings is 2. The van der Waals surface area contributed by atoms with Crippen molar-refractivity contribution in [2.45, 2.75) is 51.6 Å². The fraction of sp³-hybridized carbons (Fsp3) is 0.391. The molecule has 28 heavy (non-hydrogen) atoms. The summed E-state index contributed by atoms with van der Waals surface area (Å²) in [5.41, 5.74) is 9.70. The Bertz CT molecular complexity index is 941. The number of fused-ring (bicyclic) bond motifs is 1. The van der Waals surface area contributed by atoms with Crippen LogP contribution in [-0.2, 0) is 12.6 Å². The molecule has 1 heterocycles. The Morgan fingerprint density at radius 3 is 2.50 bits per heavy atom. The molecule has 2 nitrogen and oxygen atoms in total. The zero-order valence-corrected chi connectivity index (χ0v) is 16.4. The van der Waals surface area contributed by atoms with E-state index in [4.69, 9.17) is 5.73 Å². The number of H-pyrrole nitrogens is 1. The molecule has 0 amide bonds. The zero-order valence-electron chi connectivity index (χ0n) is 16.4. The van der Waals surface area contributed by atoms with Crippen LogP contribution < -0.4 is 5.73 Å². The van der Waals surface area contributed by atoms with Gasteiger partial charge in [0.15, 0.2) is 0 Å². The summed E-state index contributed by atoms with van der Waals surface area (Å²) in [4.78, 5) is 3.47. The number of aromatic nitrogens is 1. The van der Waals surface area contributed by atoms with Gasteiger partial charge in [0.25, 0.3) is 0 Å². The Kier molecular flexibility index (Phi) is 6.14. The lowest BCUT2D eigenvalue weighted by Gasteiger charge is -2.10. The molecular formula is C23H27F3N2. The lowest BCUT2D eigenvalue weighted by molar-refractivity contribution is -0.137. The van der Waals surface area contributed by atoms with Gasteiger partial charge in [0, 0.05) is 16.6 Å². The van der Waals surface area contributed by atoms with E-state index < -0.39 is 11.7 Å². The number of halogens is 3. The Morgan fingerprint density at radius 2 is 1.82 bits per heavy atom. The Hall–Kier alpha value is -2.27. The summed E-state index contributed by atoms with van der Waals surface area (Å²) < 4.78 is 39.7. The van der Waals surface area contributed by atoms with Crippen LogP contribution in [0.1, 0.15) is 55.7 Å². The number of alkyl halides is 3. The monoisotopic (exact) mass is 388 g/mol. The number of aromatic amines is 1. The Morgan fingerprint density at radius 1 is 1.07 bits per heavy atom. The highest BCUT2D eigenvalue weighted by Gasteiger charge is 2.31. The molecule has 150 valence electrons. The van der Waals surface area contributed by atoms with Gasteiger partial charge in [-0.3, -0.25) is 0 Å². The molecule has 0 radical (unpaired) electrons. The lowest BCUT2D eigenvalue weighted by Crippen LogP contribution is -2.04. The smallest absolute Gasteiger partial charge is 0.354 e. The van der Waals surface area contributed by atoms with Gasteiger partial charge in [0.05, 0.1) is 5.56 Å². The van der Waals surface area contributed by atoms with E-state index in [1.807, 2.05) is 6.07 Å². The van der Waals surface area contributed by atoms with Gasteiger partial charge in [0.1, 0.15) is 0 Å².